The number of amides is 2. The number of carbonyl (C=O) groups is 2. The van der Waals surface area contributed by atoms with E-state index in [1.165, 1.54) is 18.2 Å². The normalized spacial score (nSPS) is 18.6. The molecular weight excluding hydrogens is 581 g/mol. The highest BCUT2D eigenvalue weighted by Crippen LogP contribution is 2.31. The minimum atomic E-state index is -4.23. The molecule has 2 aromatic carbocycles. The molecule has 0 bridgehead atoms. The van der Waals surface area contributed by atoms with Crippen molar-refractivity contribution in [1.29, 1.82) is 0 Å². The van der Waals surface area contributed by atoms with Gasteiger partial charge in [-0.25, -0.2) is 8.78 Å². The molecule has 2 N–H and O–H groups in total. The number of piperidine rings is 1. The maximum absolute atomic E-state index is 15.0. The van der Waals surface area contributed by atoms with Crippen LogP contribution < -0.4 is 15.5 Å². The summed E-state index contributed by atoms with van der Waals surface area (Å²) in [7, 11) is 0. The Morgan fingerprint density at radius 1 is 1.00 bits per heavy atom. The van der Waals surface area contributed by atoms with Gasteiger partial charge in [-0.05, 0) is 49.6 Å². The zero-order valence-corrected chi connectivity index (χ0v) is 24.1. The van der Waals surface area contributed by atoms with Gasteiger partial charge in [-0.15, -0.1) is 0 Å². The van der Waals surface area contributed by atoms with Crippen LogP contribution in [-0.2, 0) is 11.3 Å². The molecule has 1 unspecified atom stereocenters. The quantitative estimate of drug-likeness (QED) is 0.375. The van der Waals surface area contributed by atoms with Crippen molar-refractivity contribution < 1.29 is 31.5 Å². The molecule has 1 atom stereocenters. The average Bonchev–Trinajstić information content (AvgIpc) is 2.93. The van der Waals surface area contributed by atoms with Gasteiger partial charge in [-0.1, -0.05) is 24.6 Å². The number of piperazine rings is 1. The van der Waals surface area contributed by atoms with Gasteiger partial charge < -0.3 is 15.5 Å². The van der Waals surface area contributed by atoms with E-state index >= 15 is 4.39 Å². The summed E-state index contributed by atoms with van der Waals surface area (Å²) in [6.07, 6.45) is -2.99. The number of nitrogens with zero attached hydrogens (tertiary/aromatic N) is 3. The van der Waals surface area contributed by atoms with Crippen LogP contribution in [0.15, 0.2) is 30.3 Å². The number of benzene rings is 2. The van der Waals surface area contributed by atoms with Gasteiger partial charge in [0.15, 0.2) is 11.6 Å². The Kier molecular flexibility index (Phi) is 10.7. The number of hydrogen-bond donors (Lipinski definition) is 2. The van der Waals surface area contributed by atoms with Crippen molar-refractivity contribution in [1.82, 2.24) is 15.1 Å². The summed E-state index contributed by atoms with van der Waals surface area (Å²) in [5.41, 5.74) is 0.230. The van der Waals surface area contributed by atoms with Crippen molar-refractivity contribution in [3.05, 3.63) is 58.1 Å². The van der Waals surface area contributed by atoms with Crippen molar-refractivity contribution >= 4 is 34.8 Å². The second-order valence-corrected chi connectivity index (χ2v) is 11.4. The standard InChI is InChI=1S/C29H35ClF5N5O2/c1-19-3-2-9-39(17-19)18-25(41)36-16-20-4-6-22(27(32)26(20)31)28(42)37-23-7-5-21(30)15-24(23)40-13-11-38(12-14-40)10-8-29(33,34)35/h4-7,15,19H,2-3,8-14,16-18H2,1H3,(H,36,41)(H,37,42). The molecule has 230 valence electrons. The van der Waals surface area contributed by atoms with Gasteiger partial charge in [0.25, 0.3) is 5.91 Å². The van der Waals surface area contributed by atoms with E-state index in [2.05, 4.69) is 17.6 Å². The highest BCUT2D eigenvalue weighted by atomic mass is 35.5. The van der Waals surface area contributed by atoms with Crippen LogP contribution in [-0.4, -0.2) is 80.1 Å². The lowest BCUT2D eigenvalue weighted by molar-refractivity contribution is -0.138. The zero-order chi connectivity index (χ0) is 30.4. The molecule has 2 aliphatic heterocycles. The number of likely N-dealkylation sites (tertiary alicyclic amines) is 1. The molecule has 4 rings (SSSR count). The van der Waals surface area contributed by atoms with Gasteiger partial charge >= 0.3 is 6.18 Å². The summed E-state index contributed by atoms with van der Waals surface area (Å²) in [6.45, 7) is 5.16. The molecule has 2 aliphatic rings. The van der Waals surface area contributed by atoms with Crippen molar-refractivity contribution in [2.75, 3.05) is 62.6 Å². The van der Waals surface area contributed by atoms with Crippen LogP contribution in [0.25, 0.3) is 0 Å². The Morgan fingerprint density at radius 2 is 1.74 bits per heavy atom. The topological polar surface area (TPSA) is 67.9 Å². The molecule has 2 aromatic rings. The molecule has 2 amide bonds. The van der Waals surface area contributed by atoms with E-state index in [-0.39, 0.29) is 31.1 Å². The third kappa shape index (κ3) is 8.78. The van der Waals surface area contributed by atoms with Crippen LogP contribution in [0.4, 0.5) is 33.3 Å². The predicted molar refractivity (Wildman–Crippen MR) is 152 cm³/mol. The first-order valence-electron chi connectivity index (χ1n) is 14.0. The van der Waals surface area contributed by atoms with Gasteiger partial charge in [0.05, 0.1) is 29.9 Å². The minimum Gasteiger partial charge on any atom is -0.367 e. The molecule has 0 spiro atoms. The Bertz CT molecular complexity index is 1270. The van der Waals surface area contributed by atoms with Crippen molar-refractivity contribution in [2.45, 2.75) is 38.9 Å². The maximum atomic E-state index is 15.0. The van der Waals surface area contributed by atoms with Crippen LogP contribution in [0.5, 0.6) is 0 Å². The van der Waals surface area contributed by atoms with E-state index in [9.17, 15) is 27.2 Å². The second kappa shape index (κ2) is 14.0. The molecule has 0 aromatic heterocycles. The molecule has 0 aliphatic carbocycles. The third-order valence-electron chi connectivity index (χ3n) is 7.62. The SMILES string of the molecule is CC1CCCN(CC(=O)NCc2ccc(C(=O)Nc3ccc(Cl)cc3N3CCN(CCC(F)(F)F)CC3)c(F)c2F)C1. The van der Waals surface area contributed by atoms with E-state index in [0.717, 1.165) is 32.0 Å². The van der Waals surface area contributed by atoms with Crippen molar-refractivity contribution in [3.8, 4) is 0 Å². The highest BCUT2D eigenvalue weighted by molar-refractivity contribution is 6.31. The predicted octanol–water partition coefficient (Wildman–Crippen LogP) is 5.29. The molecule has 2 fully saturated rings. The molecule has 42 heavy (non-hydrogen) atoms. The first-order chi connectivity index (χ1) is 19.9. The Labute approximate surface area is 247 Å². The van der Waals surface area contributed by atoms with Crippen LogP contribution in [0, 0.1) is 17.6 Å². The number of anilines is 2. The summed E-state index contributed by atoms with van der Waals surface area (Å²) in [4.78, 5) is 31.0. The summed E-state index contributed by atoms with van der Waals surface area (Å²) in [6, 6.07) is 7.10. The molecule has 0 radical (unpaired) electrons. The summed E-state index contributed by atoms with van der Waals surface area (Å²) < 4.78 is 67.7. The Hall–Kier alpha value is -2.96. The molecule has 7 nitrogen and oxygen atoms in total. The van der Waals surface area contributed by atoms with Gasteiger partial charge in [0.2, 0.25) is 5.91 Å². The van der Waals surface area contributed by atoms with Crippen LogP contribution in [0.1, 0.15) is 42.1 Å². The monoisotopic (exact) mass is 615 g/mol. The zero-order valence-electron chi connectivity index (χ0n) is 23.4. The lowest BCUT2D eigenvalue weighted by atomic mass is 10.0. The number of rotatable bonds is 9. The maximum Gasteiger partial charge on any atom is 0.390 e. The minimum absolute atomic E-state index is 0.0833. The second-order valence-electron chi connectivity index (χ2n) is 11.0. The van der Waals surface area contributed by atoms with Crippen LogP contribution >= 0.6 is 11.6 Å². The van der Waals surface area contributed by atoms with E-state index in [4.69, 9.17) is 11.6 Å². The van der Waals surface area contributed by atoms with E-state index < -0.39 is 35.7 Å². The van der Waals surface area contributed by atoms with Gasteiger partial charge in [-0.3, -0.25) is 19.4 Å². The first-order valence-corrected chi connectivity index (χ1v) is 14.4. The van der Waals surface area contributed by atoms with E-state index in [1.54, 1.807) is 11.0 Å². The molecular formula is C29H35ClF5N5O2. The van der Waals surface area contributed by atoms with Crippen LogP contribution in [0.2, 0.25) is 5.02 Å². The number of carbonyl (C=O) groups excluding carboxylic acids is 2. The summed E-state index contributed by atoms with van der Waals surface area (Å²) in [5, 5.41) is 5.61. The third-order valence-corrected chi connectivity index (χ3v) is 7.86. The Morgan fingerprint density at radius 3 is 2.43 bits per heavy atom. The first kappa shape index (κ1) is 32.0. The molecule has 2 heterocycles. The Balaban J connectivity index is 1.37. The lowest BCUT2D eigenvalue weighted by Gasteiger charge is -2.37. The fourth-order valence-corrected chi connectivity index (χ4v) is 5.51. The fourth-order valence-electron chi connectivity index (χ4n) is 5.34. The summed E-state index contributed by atoms with van der Waals surface area (Å²) >= 11 is 6.18. The number of nitrogens with one attached hydrogen (secondary N) is 2. The van der Waals surface area contributed by atoms with E-state index in [1.807, 2.05) is 9.80 Å². The van der Waals surface area contributed by atoms with Gasteiger partial charge in [0, 0.05) is 56.4 Å². The molecule has 2 saturated heterocycles. The summed E-state index contributed by atoms with van der Waals surface area (Å²) in [5.74, 6) is -3.22. The number of alkyl halides is 3. The van der Waals surface area contributed by atoms with Gasteiger partial charge in [-0.2, -0.15) is 13.2 Å². The molecule has 0 saturated carbocycles. The van der Waals surface area contributed by atoms with Crippen molar-refractivity contribution in [2.24, 2.45) is 5.92 Å². The lowest BCUT2D eigenvalue weighted by Crippen LogP contribution is -2.47. The number of hydrogen-bond acceptors (Lipinski definition) is 5. The van der Waals surface area contributed by atoms with Gasteiger partial charge in [0.1, 0.15) is 0 Å². The fraction of sp³-hybridized carbons (Fsp3) is 0.517. The largest absolute Gasteiger partial charge is 0.390 e. The molecule has 13 heteroatoms. The number of halogens is 6. The smallest absolute Gasteiger partial charge is 0.367 e. The average molecular weight is 616 g/mol. The van der Waals surface area contributed by atoms with Crippen LogP contribution in [0.3, 0.4) is 0 Å². The highest BCUT2D eigenvalue weighted by Gasteiger charge is 2.29. The van der Waals surface area contributed by atoms with E-state index in [0.29, 0.717) is 48.5 Å². The van der Waals surface area contributed by atoms with Crippen molar-refractivity contribution in [3.63, 3.8) is 0 Å².